The monoisotopic (exact) mass is 371 g/mol. The molecule has 23 heavy (non-hydrogen) atoms. The highest BCUT2D eigenvalue weighted by Gasteiger charge is 2.31. The third-order valence-electron chi connectivity index (χ3n) is 3.71. The number of phenolic OH excluding ortho intramolecular Hbond substituents is 2. The number of fused-ring (bicyclic) bond motifs is 2. The van der Waals surface area contributed by atoms with Crippen LogP contribution in [0.1, 0.15) is 15.9 Å². The molecule has 1 aliphatic rings. The second kappa shape index (κ2) is 4.89. The number of nitrogens with one attached hydrogen (secondary N) is 1. The van der Waals surface area contributed by atoms with Crippen molar-refractivity contribution in [1.29, 1.82) is 0 Å². The molecule has 2 aromatic carbocycles. The third-order valence-corrected chi connectivity index (χ3v) is 4.37. The number of ether oxygens (including phenoxy) is 1. The SMILES string of the molecule is O=C1/C(=C/c2c[nH]c3cccc(Br)c23)Oc2cc(O)cc(O)c21. The zero-order chi connectivity index (χ0) is 16.1. The van der Waals surface area contributed by atoms with Crippen molar-refractivity contribution in [2.45, 2.75) is 0 Å². The van der Waals surface area contributed by atoms with Crippen LogP contribution >= 0.6 is 15.9 Å². The van der Waals surface area contributed by atoms with E-state index in [2.05, 4.69) is 20.9 Å². The summed E-state index contributed by atoms with van der Waals surface area (Å²) in [6, 6.07) is 8.17. The quantitative estimate of drug-likeness (QED) is 0.565. The lowest BCUT2D eigenvalue weighted by atomic mass is 10.1. The number of aromatic hydroxyl groups is 2. The largest absolute Gasteiger partial charge is 0.508 e. The number of halogens is 1. The van der Waals surface area contributed by atoms with Crippen molar-refractivity contribution in [2.24, 2.45) is 0 Å². The van der Waals surface area contributed by atoms with Crippen LogP contribution in [0.4, 0.5) is 0 Å². The van der Waals surface area contributed by atoms with E-state index >= 15 is 0 Å². The molecule has 0 fully saturated rings. The number of rotatable bonds is 1. The van der Waals surface area contributed by atoms with Crippen molar-refractivity contribution >= 4 is 38.7 Å². The van der Waals surface area contributed by atoms with Gasteiger partial charge in [0.05, 0.1) is 0 Å². The molecule has 0 bridgehead atoms. The van der Waals surface area contributed by atoms with E-state index in [4.69, 9.17) is 4.74 Å². The van der Waals surface area contributed by atoms with Crippen LogP contribution in [-0.4, -0.2) is 21.0 Å². The fourth-order valence-corrected chi connectivity index (χ4v) is 3.29. The summed E-state index contributed by atoms with van der Waals surface area (Å²) in [4.78, 5) is 15.5. The maximum atomic E-state index is 12.4. The predicted molar refractivity (Wildman–Crippen MR) is 88.7 cm³/mol. The van der Waals surface area contributed by atoms with Gasteiger partial charge in [0.2, 0.25) is 5.78 Å². The van der Waals surface area contributed by atoms with Crippen LogP contribution in [0.2, 0.25) is 0 Å². The minimum Gasteiger partial charge on any atom is -0.508 e. The number of benzene rings is 2. The highest BCUT2D eigenvalue weighted by Crippen LogP contribution is 2.41. The summed E-state index contributed by atoms with van der Waals surface area (Å²) in [7, 11) is 0. The summed E-state index contributed by atoms with van der Waals surface area (Å²) >= 11 is 3.49. The van der Waals surface area contributed by atoms with E-state index in [-0.39, 0.29) is 28.6 Å². The van der Waals surface area contributed by atoms with Crippen LogP contribution in [0.25, 0.3) is 17.0 Å². The average Bonchev–Trinajstić information content (AvgIpc) is 3.03. The molecule has 0 aliphatic carbocycles. The Labute approximate surface area is 139 Å². The van der Waals surface area contributed by atoms with Gasteiger partial charge in [-0.25, -0.2) is 0 Å². The molecule has 0 saturated heterocycles. The number of hydrogen-bond acceptors (Lipinski definition) is 4. The number of carbonyl (C=O) groups is 1. The van der Waals surface area contributed by atoms with Crippen LogP contribution in [0.3, 0.4) is 0 Å². The van der Waals surface area contributed by atoms with Gasteiger partial charge in [-0.1, -0.05) is 22.0 Å². The molecule has 3 N–H and O–H groups in total. The lowest BCUT2D eigenvalue weighted by Crippen LogP contribution is -1.98. The van der Waals surface area contributed by atoms with Crippen molar-refractivity contribution in [2.75, 3.05) is 0 Å². The lowest BCUT2D eigenvalue weighted by Gasteiger charge is -2.00. The van der Waals surface area contributed by atoms with Gasteiger partial charge in [-0.05, 0) is 18.2 Å². The standard InChI is InChI=1S/C17H10BrNO4/c18-10-2-1-3-11-15(10)8(7-19-11)4-14-17(22)16-12(21)5-9(20)6-13(16)23-14/h1-7,19-21H/b14-4-. The number of ketones is 1. The molecule has 5 nitrogen and oxygen atoms in total. The van der Waals surface area contributed by atoms with Gasteiger partial charge < -0.3 is 19.9 Å². The summed E-state index contributed by atoms with van der Waals surface area (Å²) in [5.41, 5.74) is 1.77. The molecule has 1 aliphatic heterocycles. The van der Waals surface area contributed by atoms with Crippen molar-refractivity contribution in [3.63, 3.8) is 0 Å². The highest BCUT2D eigenvalue weighted by molar-refractivity contribution is 9.10. The number of allylic oxidation sites excluding steroid dienone is 1. The van der Waals surface area contributed by atoms with Crippen LogP contribution in [0.5, 0.6) is 17.2 Å². The predicted octanol–water partition coefficient (Wildman–Crippen LogP) is 3.96. The normalized spacial score (nSPS) is 15.2. The zero-order valence-corrected chi connectivity index (χ0v) is 13.2. The van der Waals surface area contributed by atoms with Crippen molar-refractivity contribution < 1.29 is 19.7 Å². The fraction of sp³-hybridized carbons (Fsp3) is 0. The smallest absolute Gasteiger partial charge is 0.235 e. The van der Waals surface area contributed by atoms with Gasteiger partial charge in [-0.3, -0.25) is 4.79 Å². The lowest BCUT2D eigenvalue weighted by molar-refractivity contribution is 0.101. The molecule has 0 atom stereocenters. The second-order valence-corrected chi connectivity index (χ2v) is 6.04. The summed E-state index contributed by atoms with van der Waals surface area (Å²) in [5, 5.41) is 20.3. The second-order valence-electron chi connectivity index (χ2n) is 5.18. The first-order chi connectivity index (χ1) is 11.0. The van der Waals surface area contributed by atoms with Gasteiger partial charge in [0.25, 0.3) is 0 Å². The molecule has 0 radical (unpaired) electrons. The number of phenols is 2. The summed E-state index contributed by atoms with van der Waals surface area (Å²) in [5.74, 6) is -0.632. The van der Waals surface area contributed by atoms with Crippen molar-refractivity contribution in [1.82, 2.24) is 4.98 Å². The van der Waals surface area contributed by atoms with Crippen LogP contribution < -0.4 is 4.74 Å². The van der Waals surface area contributed by atoms with Gasteiger partial charge in [0, 0.05) is 39.3 Å². The first kappa shape index (κ1) is 13.9. The van der Waals surface area contributed by atoms with E-state index in [0.29, 0.717) is 0 Å². The molecule has 1 aromatic heterocycles. The summed E-state index contributed by atoms with van der Waals surface area (Å²) < 4.78 is 6.40. The molecule has 0 saturated carbocycles. The number of Topliss-reactive ketones (excluding diaryl/α,β-unsaturated/α-hetero) is 1. The number of hydrogen-bond donors (Lipinski definition) is 3. The van der Waals surface area contributed by atoms with E-state index in [1.165, 1.54) is 6.07 Å². The van der Waals surface area contributed by atoms with Gasteiger partial charge in [-0.2, -0.15) is 0 Å². The molecule has 2 heterocycles. The van der Waals surface area contributed by atoms with Crippen LogP contribution in [0.15, 0.2) is 46.8 Å². The summed E-state index contributed by atoms with van der Waals surface area (Å²) in [6.07, 6.45) is 3.39. The first-order valence-electron chi connectivity index (χ1n) is 6.80. The zero-order valence-electron chi connectivity index (χ0n) is 11.6. The molecule has 6 heteroatoms. The maximum Gasteiger partial charge on any atom is 0.235 e. The topological polar surface area (TPSA) is 82.6 Å². The third kappa shape index (κ3) is 2.10. The molecular weight excluding hydrogens is 362 g/mol. The highest BCUT2D eigenvalue weighted by atomic mass is 79.9. The van der Waals surface area contributed by atoms with Gasteiger partial charge in [0.1, 0.15) is 22.8 Å². The van der Waals surface area contributed by atoms with Gasteiger partial charge >= 0.3 is 0 Å². The molecule has 0 unspecified atom stereocenters. The van der Waals surface area contributed by atoms with Gasteiger partial charge in [0.15, 0.2) is 5.76 Å². The maximum absolute atomic E-state index is 12.4. The Balaban J connectivity index is 1.84. The Morgan fingerprint density at radius 3 is 2.87 bits per heavy atom. The Morgan fingerprint density at radius 2 is 2.04 bits per heavy atom. The van der Waals surface area contributed by atoms with Crippen LogP contribution in [-0.2, 0) is 0 Å². The number of aromatic nitrogens is 1. The van der Waals surface area contributed by atoms with E-state index in [9.17, 15) is 15.0 Å². The average molecular weight is 372 g/mol. The van der Waals surface area contributed by atoms with Crippen LogP contribution in [0, 0.1) is 0 Å². The van der Waals surface area contributed by atoms with Crippen molar-refractivity contribution in [3.05, 3.63) is 57.9 Å². The molecule has 0 amide bonds. The number of aromatic amines is 1. The van der Waals surface area contributed by atoms with Gasteiger partial charge in [-0.15, -0.1) is 0 Å². The van der Waals surface area contributed by atoms with E-state index in [1.807, 2.05) is 18.2 Å². The Morgan fingerprint density at radius 1 is 1.22 bits per heavy atom. The number of carbonyl (C=O) groups excluding carboxylic acids is 1. The minimum absolute atomic E-state index is 0.0629. The molecular formula is C17H10BrNO4. The molecule has 114 valence electrons. The molecule has 3 aromatic rings. The minimum atomic E-state index is -0.418. The van der Waals surface area contributed by atoms with E-state index in [1.54, 1.807) is 12.3 Å². The first-order valence-corrected chi connectivity index (χ1v) is 7.59. The summed E-state index contributed by atoms with van der Waals surface area (Å²) in [6.45, 7) is 0. The van der Waals surface area contributed by atoms with E-state index in [0.717, 1.165) is 27.0 Å². The Bertz CT molecular complexity index is 1000. The Kier molecular flexibility index (Phi) is 2.96. The fourth-order valence-electron chi connectivity index (χ4n) is 2.70. The molecule has 0 spiro atoms. The molecule has 4 rings (SSSR count). The number of H-pyrrole nitrogens is 1. The van der Waals surface area contributed by atoms with E-state index < -0.39 is 5.78 Å². The van der Waals surface area contributed by atoms with Crippen molar-refractivity contribution in [3.8, 4) is 17.2 Å². The Hall–Kier alpha value is -2.73.